The highest BCUT2D eigenvalue weighted by Crippen LogP contribution is 2.36. The van der Waals surface area contributed by atoms with Gasteiger partial charge in [-0.1, -0.05) is 24.3 Å². The molecule has 15 nitrogen and oxygen atoms in total. The average molecular weight is 674 g/mol. The highest BCUT2D eigenvalue weighted by molar-refractivity contribution is 5.96. The summed E-state index contributed by atoms with van der Waals surface area (Å²) in [5, 5.41) is 20.8. The molecule has 49 heavy (non-hydrogen) atoms. The third-order valence-electron chi connectivity index (χ3n) is 7.07. The van der Waals surface area contributed by atoms with Gasteiger partial charge < -0.3 is 35.1 Å². The summed E-state index contributed by atoms with van der Waals surface area (Å²) >= 11 is 0. The minimum Gasteiger partial charge on any atom is -0.494 e. The Morgan fingerprint density at radius 2 is 1.82 bits per heavy atom. The van der Waals surface area contributed by atoms with Crippen LogP contribution in [0.2, 0.25) is 0 Å². The smallest absolute Gasteiger partial charge is 0.412 e. The lowest BCUT2D eigenvalue weighted by molar-refractivity contribution is -0.384. The number of methoxy groups -OCH3 is 1. The van der Waals surface area contributed by atoms with E-state index in [1.54, 1.807) is 58.2 Å². The molecule has 0 aliphatic heterocycles. The van der Waals surface area contributed by atoms with E-state index in [1.807, 2.05) is 22.8 Å². The first-order valence-corrected chi connectivity index (χ1v) is 15.3. The molecule has 1 aromatic heterocycles. The Bertz CT molecular complexity index is 1880. The molecule has 15 heteroatoms. The van der Waals surface area contributed by atoms with Crippen LogP contribution in [0.4, 0.5) is 27.8 Å². The zero-order valence-corrected chi connectivity index (χ0v) is 27.9. The van der Waals surface area contributed by atoms with Crippen molar-refractivity contribution >= 4 is 52.3 Å². The number of benzene rings is 3. The molecule has 3 aromatic carbocycles. The molecule has 4 aromatic rings. The number of nitrogens with one attached hydrogen (secondary N) is 3. The SMILES string of the molecule is CNc1nc2cc(C=O)cc(OC)c2n1C/C=C/CNc1c(OCCc2ccc(NC(=O)OC(C)(C)C)cc2)cc(C(N)=O)cc1[N+](=O)[O-]. The summed E-state index contributed by atoms with van der Waals surface area (Å²) in [7, 11) is 3.24. The van der Waals surface area contributed by atoms with Crippen LogP contribution in [0.25, 0.3) is 11.0 Å². The van der Waals surface area contributed by atoms with E-state index < -0.39 is 22.5 Å². The van der Waals surface area contributed by atoms with E-state index in [1.165, 1.54) is 13.2 Å². The number of ether oxygens (including phenoxy) is 3. The van der Waals surface area contributed by atoms with Crippen LogP contribution in [-0.2, 0) is 17.7 Å². The van der Waals surface area contributed by atoms with Gasteiger partial charge in [0.05, 0.1) is 24.2 Å². The normalized spacial score (nSPS) is 11.3. The lowest BCUT2D eigenvalue weighted by Crippen LogP contribution is -2.27. The number of carbonyl (C=O) groups is 3. The second kappa shape index (κ2) is 15.6. The van der Waals surface area contributed by atoms with Crippen molar-refractivity contribution in [3.8, 4) is 11.5 Å². The van der Waals surface area contributed by atoms with Crippen molar-refractivity contribution in [1.29, 1.82) is 0 Å². The molecule has 0 spiro atoms. The maximum absolute atomic E-state index is 12.0. The van der Waals surface area contributed by atoms with Gasteiger partial charge in [0, 0.05) is 49.4 Å². The maximum atomic E-state index is 12.0. The van der Waals surface area contributed by atoms with E-state index in [0.29, 0.717) is 46.9 Å². The maximum Gasteiger partial charge on any atom is 0.412 e. The van der Waals surface area contributed by atoms with Gasteiger partial charge >= 0.3 is 6.09 Å². The van der Waals surface area contributed by atoms with Gasteiger partial charge in [-0.15, -0.1) is 0 Å². The Morgan fingerprint density at radius 1 is 1.08 bits per heavy atom. The number of primary amides is 1. The number of nitro groups is 1. The highest BCUT2D eigenvalue weighted by Gasteiger charge is 2.23. The zero-order valence-electron chi connectivity index (χ0n) is 27.9. The molecule has 0 saturated heterocycles. The van der Waals surface area contributed by atoms with Crippen LogP contribution in [0.3, 0.4) is 0 Å². The van der Waals surface area contributed by atoms with Gasteiger partial charge in [0.1, 0.15) is 28.9 Å². The van der Waals surface area contributed by atoms with Gasteiger partial charge in [-0.2, -0.15) is 0 Å². The van der Waals surface area contributed by atoms with Gasteiger partial charge in [0.15, 0.2) is 5.69 Å². The number of hydrogen-bond acceptors (Lipinski definition) is 11. The van der Waals surface area contributed by atoms with Gasteiger partial charge in [0.2, 0.25) is 11.9 Å². The van der Waals surface area contributed by atoms with Crippen LogP contribution < -0.4 is 31.2 Å². The fraction of sp³-hybridized carbons (Fsp3) is 0.294. The monoisotopic (exact) mass is 673 g/mol. The van der Waals surface area contributed by atoms with Crippen LogP contribution in [0.1, 0.15) is 47.1 Å². The number of fused-ring (bicyclic) bond motifs is 1. The molecule has 0 unspecified atom stereocenters. The molecule has 0 atom stereocenters. The Hall–Kier alpha value is -6.12. The minimum absolute atomic E-state index is 0.0707. The Morgan fingerprint density at radius 3 is 2.43 bits per heavy atom. The van der Waals surface area contributed by atoms with E-state index in [2.05, 4.69) is 20.9 Å². The second-order valence-corrected chi connectivity index (χ2v) is 11.8. The van der Waals surface area contributed by atoms with E-state index in [0.717, 1.165) is 17.9 Å². The molecule has 0 saturated carbocycles. The first-order chi connectivity index (χ1) is 23.3. The summed E-state index contributed by atoms with van der Waals surface area (Å²) in [6.07, 6.45) is 4.20. The van der Waals surface area contributed by atoms with Crippen molar-refractivity contribution in [2.75, 3.05) is 43.3 Å². The number of amides is 2. The summed E-state index contributed by atoms with van der Waals surface area (Å²) < 4.78 is 18.6. The first-order valence-electron chi connectivity index (χ1n) is 15.3. The molecule has 0 aliphatic carbocycles. The van der Waals surface area contributed by atoms with Crippen molar-refractivity contribution in [3.63, 3.8) is 0 Å². The number of nitro benzene ring substituents is 1. The molecule has 0 fully saturated rings. The van der Waals surface area contributed by atoms with Gasteiger partial charge in [-0.25, -0.2) is 9.78 Å². The molecule has 5 N–H and O–H groups in total. The van der Waals surface area contributed by atoms with Crippen molar-refractivity contribution in [2.24, 2.45) is 5.73 Å². The summed E-state index contributed by atoms with van der Waals surface area (Å²) in [4.78, 5) is 51.4. The summed E-state index contributed by atoms with van der Waals surface area (Å²) in [6, 6.07) is 12.8. The number of nitrogens with zero attached hydrogens (tertiary/aromatic N) is 3. The molecule has 258 valence electrons. The van der Waals surface area contributed by atoms with E-state index in [9.17, 15) is 24.5 Å². The third-order valence-corrected chi connectivity index (χ3v) is 7.07. The van der Waals surface area contributed by atoms with Crippen molar-refractivity contribution in [1.82, 2.24) is 9.55 Å². The predicted molar refractivity (Wildman–Crippen MR) is 186 cm³/mol. The number of imidazole rings is 1. The first kappa shape index (κ1) is 35.7. The summed E-state index contributed by atoms with van der Waals surface area (Å²) in [6.45, 7) is 5.98. The quantitative estimate of drug-likeness (QED) is 0.0534. The molecule has 2 amide bonds. The van der Waals surface area contributed by atoms with E-state index in [-0.39, 0.29) is 35.8 Å². The average Bonchev–Trinajstić information content (AvgIpc) is 3.41. The number of aldehydes is 1. The van der Waals surface area contributed by atoms with Crippen LogP contribution >= 0.6 is 0 Å². The molecular weight excluding hydrogens is 634 g/mol. The van der Waals surface area contributed by atoms with E-state index >= 15 is 0 Å². The molecule has 1 heterocycles. The topological polar surface area (TPSA) is 202 Å². The number of aromatic nitrogens is 2. The van der Waals surface area contributed by atoms with Crippen molar-refractivity contribution < 1.29 is 33.5 Å². The highest BCUT2D eigenvalue weighted by atomic mass is 16.6. The van der Waals surface area contributed by atoms with Crippen LogP contribution in [0, 0.1) is 10.1 Å². The van der Waals surface area contributed by atoms with Crippen molar-refractivity contribution in [2.45, 2.75) is 39.3 Å². The second-order valence-electron chi connectivity index (χ2n) is 11.8. The lowest BCUT2D eigenvalue weighted by Gasteiger charge is -2.19. The number of anilines is 3. The minimum atomic E-state index is -0.837. The summed E-state index contributed by atoms with van der Waals surface area (Å²) in [5.74, 6) is 0.293. The number of carbonyl (C=O) groups excluding carboxylic acids is 3. The Labute approximate surface area is 282 Å². The Kier molecular flexibility index (Phi) is 11.4. The fourth-order valence-corrected chi connectivity index (χ4v) is 4.90. The molecule has 0 bridgehead atoms. The van der Waals surface area contributed by atoms with Gasteiger partial charge in [-0.05, 0) is 56.7 Å². The molecule has 0 aliphatic rings. The predicted octanol–water partition coefficient (Wildman–Crippen LogP) is 5.54. The number of allylic oxidation sites excluding steroid dienone is 1. The van der Waals surface area contributed by atoms with Gasteiger partial charge in [0.25, 0.3) is 5.69 Å². The van der Waals surface area contributed by atoms with Crippen LogP contribution in [-0.4, -0.2) is 65.7 Å². The molecule has 4 rings (SSSR count). The molecular formula is C34H39N7O8. The lowest BCUT2D eigenvalue weighted by atomic mass is 10.1. The van der Waals surface area contributed by atoms with Gasteiger partial charge in [-0.3, -0.25) is 25.0 Å². The Balaban J connectivity index is 1.47. The van der Waals surface area contributed by atoms with E-state index in [4.69, 9.17) is 19.9 Å². The summed E-state index contributed by atoms with van der Waals surface area (Å²) in [5.41, 5.74) is 7.62. The van der Waals surface area contributed by atoms with Crippen molar-refractivity contribution in [3.05, 3.63) is 87.5 Å². The number of rotatable bonds is 15. The number of hydrogen-bond donors (Lipinski definition) is 4. The third kappa shape index (κ3) is 9.24. The van der Waals surface area contributed by atoms with Crippen LogP contribution in [0.5, 0.6) is 11.5 Å². The standard InChI is InChI=1S/C34H39N7O8/c1-34(2,3)49-33(44)38-24-10-8-21(9-11-24)12-15-48-27-19-23(31(35)43)18-26(41(45)46)29(27)37-13-6-7-14-40-30-25(39-32(40)36-4)16-22(20-42)17-28(30)47-5/h6-11,16-20,37H,12-15H2,1-5H3,(H2,35,43)(H,36,39)(H,38,44)/b7-6+. The fourth-order valence-electron chi connectivity index (χ4n) is 4.90. The zero-order chi connectivity index (χ0) is 35.7. The number of nitrogens with two attached hydrogens (primary N) is 1. The molecule has 0 radical (unpaired) electrons. The van der Waals surface area contributed by atoms with Crippen LogP contribution in [0.15, 0.2) is 60.7 Å². The largest absolute Gasteiger partial charge is 0.494 e.